The number of hydrogen-bond acceptors (Lipinski definition) is 4. The highest BCUT2D eigenvalue weighted by molar-refractivity contribution is 5.79. The van der Waals surface area contributed by atoms with Crippen LogP contribution in [0.25, 0.3) is 0 Å². The van der Waals surface area contributed by atoms with E-state index in [9.17, 15) is 15.0 Å². The monoisotopic (exact) mass is 304 g/mol. The molecule has 1 aromatic heterocycles. The molecule has 5 nitrogen and oxygen atoms in total. The van der Waals surface area contributed by atoms with Crippen molar-refractivity contribution in [2.75, 3.05) is 0 Å². The second kappa shape index (κ2) is 7.03. The van der Waals surface area contributed by atoms with Crippen molar-refractivity contribution in [2.45, 2.75) is 51.2 Å². The van der Waals surface area contributed by atoms with Gasteiger partial charge in [-0.2, -0.15) is 0 Å². The zero-order chi connectivity index (χ0) is 16.2. The molecular formula is C17H24N2O3. The fourth-order valence-corrected chi connectivity index (χ4v) is 2.80. The van der Waals surface area contributed by atoms with Crippen LogP contribution in [0.3, 0.4) is 0 Å². The number of hydrogen-bond donors (Lipinski definition) is 2. The molecule has 0 radical (unpaired) electrons. The number of rotatable bonds is 5. The van der Waals surface area contributed by atoms with Crippen LogP contribution in [0.1, 0.15) is 44.3 Å². The summed E-state index contributed by atoms with van der Waals surface area (Å²) in [7, 11) is 0. The Labute approximate surface area is 131 Å². The predicted molar refractivity (Wildman–Crippen MR) is 84.3 cm³/mol. The zero-order valence-electron chi connectivity index (χ0n) is 13.1. The lowest BCUT2D eigenvalue weighted by Gasteiger charge is -2.19. The van der Waals surface area contributed by atoms with Crippen LogP contribution < -0.4 is 0 Å². The molecule has 0 aromatic carbocycles. The highest BCUT2D eigenvalue weighted by Gasteiger charge is 2.22. The highest BCUT2D eigenvalue weighted by atomic mass is 16.3. The molecule has 1 aliphatic rings. The summed E-state index contributed by atoms with van der Waals surface area (Å²) in [6, 6.07) is 0. The van der Waals surface area contributed by atoms with E-state index in [0.717, 1.165) is 5.57 Å². The molecule has 120 valence electrons. The molecule has 0 spiro atoms. The Balaban J connectivity index is 1.85. The minimum Gasteiger partial charge on any atom is -0.393 e. The van der Waals surface area contributed by atoms with E-state index in [-0.39, 0.29) is 18.2 Å². The van der Waals surface area contributed by atoms with Crippen LogP contribution in [0.2, 0.25) is 0 Å². The van der Waals surface area contributed by atoms with Gasteiger partial charge in [-0.25, -0.2) is 4.98 Å². The first-order valence-corrected chi connectivity index (χ1v) is 7.67. The van der Waals surface area contributed by atoms with Gasteiger partial charge in [0, 0.05) is 12.4 Å². The van der Waals surface area contributed by atoms with Crippen LogP contribution in [0.15, 0.2) is 42.5 Å². The average molecular weight is 304 g/mol. The Kier molecular flexibility index (Phi) is 5.32. The molecule has 0 aliphatic heterocycles. The Hall–Kier alpha value is -1.72. The fraction of sp³-hybridized carbons (Fsp3) is 0.529. The van der Waals surface area contributed by atoms with Gasteiger partial charge >= 0.3 is 0 Å². The largest absolute Gasteiger partial charge is 0.393 e. The maximum Gasteiger partial charge on any atom is 0.234 e. The lowest BCUT2D eigenvalue weighted by Crippen LogP contribution is -2.22. The van der Waals surface area contributed by atoms with Crippen molar-refractivity contribution in [3.8, 4) is 0 Å². The van der Waals surface area contributed by atoms with Crippen molar-refractivity contribution in [3.05, 3.63) is 42.5 Å². The Morgan fingerprint density at radius 2 is 2.36 bits per heavy atom. The van der Waals surface area contributed by atoms with Crippen LogP contribution in [0.4, 0.5) is 0 Å². The summed E-state index contributed by atoms with van der Waals surface area (Å²) in [5.74, 6) is 0.122. The second-order valence-corrected chi connectivity index (χ2v) is 6.37. The third-order valence-corrected chi connectivity index (χ3v) is 3.86. The number of aromatic nitrogens is 2. The summed E-state index contributed by atoms with van der Waals surface area (Å²) in [4.78, 5) is 15.7. The van der Waals surface area contributed by atoms with E-state index < -0.39 is 11.7 Å². The average Bonchev–Trinajstić information content (AvgIpc) is 2.91. The minimum absolute atomic E-state index is 0.0840. The van der Waals surface area contributed by atoms with Gasteiger partial charge in [-0.05, 0) is 32.1 Å². The first-order chi connectivity index (χ1) is 10.4. The maximum absolute atomic E-state index is 11.9. The quantitative estimate of drug-likeness (QED) is 0.875. The molecule has 3 atom stereocenters. The predicted octanol–water partition coefficient (Wildman–Crippen LogP) is 2.33. The molecule has 0 bridgehead atoms. The first-order valence-electron chi connectivity index (χ1n) is 7.67. The van der Waals surface area contributed by atoms with Crippen molar-refractivity contribution in [3.63, 3.8) is 0 Å². The number of allylic oxidation sites excluding steroid dienone is 3. The van der Waals surface area contributed by atoms with Crippen LogP contribution in [0, 0.1) is 5.92 Å². The van der Waals surface area contributed by atoms with Gasteiger partial charge in [0.15, 0.2) is 0 Å². The smallest absolute Gasteiger partial charge is 0.234 e. The standard InChI is InChI=1S/C17H24N2O3/c1-13-9-14(5-6-17(2,22)11-13)3-4-15(20)10-16(21)19-8-7-18-12-19/h5-9,12-13,15,20,22H,3-4,10-11H2,1-2H3. The number of imidazole rings is 1. The van der Waals surface area contributed by atoms with Gasteiger partial charge in [0.2, 0.25) is 5.91 Å². The van der Waals surface area contributed by atoms with Gasteiger partial charge in [0.1, 0.15) is 6.33 Å². The summed E-state index contributed by atoms with van der Waals surface area (Å²) in [6.07, 6.45) is 11.7. The molecule has 5 heteroatoms. The SMILES string of the molecule is CC1C=C(CCC(O)CC(=O)n2ccnc2)C=CC(C)(O)C1. The van der Waals surface area contributed by atoms with Gasteiger partial charge in [-0.1, -0.05) is 30.7 Å². The topological polar surface area (TPSA) is 75.3 Å². The van der Waals surface area contributed by atoms with E-state index >= 15 is 0 Å². The van der Waals surface area contributed by atoms with Crippen LogP contribution in [-0.2, 0) is 0 Å². The van der Waals surface area contributed by atoms with E-state index in [1.54, 1.807) is 19.3 Å². The first kappa shape index (κ1) is 16.6. The third-order valence-electron chi connectivity index (χ3n) is 3.86. The number of aliphatic hydroxyl groups excluding tert-OH is 1. The molecule has 2 rings (SSSR count). The van der Waals surface area contributed by atoms with Crippen LogP contribution >= 0.6 is 0 Å². The van der Waals surface area contributed by atoms with Crippen LogP contribution in [0.5, 0.6) is 0 Å². The Morgan fingerprint density at radius 1 is 1.59 bits per heavy atom. The van der Waals surface area contributed by atoms with Gasteiger partial charge in [-0.3, -0.25) is 9.36 Å². The van der Waals surface area contributed by atoms with E-state index in [4.69, 9.17) is 0 Å². The lowest BCUT2D eigenvalue weighted by molar-refractivity contribution is 0.0787. The molecule has 3 unspecified atom stereocenters. The zero-order valence-corrected chi connectivity index (χ0v) is 13.1. The van der Waals surface area contributed by atoms with Gasteiger partial charge in [0.05, 0.1) is 18.1 Å². The van der Waals surface area contributed by atoms with E-state index in [1.165, 1.54) is 10.9 Å². The molecule has 1 aromatic rings. The molecule has 1 aliphatic carbocycles. The highest BCUT2D eigenvalue weighted by Crippen LogP contribution is 2.26. The summed E-state index contributed by atoms with van der Waals surface area (Å²) >= 11 is 0. The normalized spacial score (nSPS) is 26.4. The molecule has 0 saturated carbocycles. The van der Waals surface area contributed by atoms with Gasteiger partial charge in [-0.15, -0.1) is 0 Å². The molecule has 0 saturated heterocycles. The summed E-state index contributed by atoms with van der Waals surface area (Å²) in [5, 5.41) is 20.2. The number of carbonyl (C=O) groups is 1. The molecule has 0 fully saturated rings. The molecular weight excluding hydrogens is 280 g/mol. The fourth-order valence-electron chi connectivity index (χ4n) is 2.80. The van der Waals surface area contributed by atoms with Crippen molar-refractivity contribution in [1.29, 1.82) is 0 Å². The molecule has 22 heavy (non-hydrogen) atoms. The van der Waals surface area contributed by atoms with Crippen molar-refractivity contribution >= 4 is 5.91 Å². The molecule has 2 N–H and O–H groups in total. The number of carbonyl (C=O) groups excluding carboxylic acids is 1. The van der Waals surface area contributed by atoms with Crippen molar-refractivity contribution in [2.24, 2.45) is 5.92 Å². The van der Waals surface area contributed by atoms with E-state index in [0.29, 0.717) is 19.3 Å². The lowest BCUT2D eigenvalue weighted by atomic mass is 9.94. The van der Waals surface area contributed by atoms with E-state index in [1.807, 2.05) is 12.2 Å². The summed E-state index contributed by atoms with van der Waals surface area (Å²) in [6.45, 7) is 3.87. The van der Waals surface area contributed by atoms with Crippen LogP contribution in [-0.4, -0.2) is 37.4 Å². The maximum atomic E-state index is 11.9. The minimum atomic E-state index is -0.784. The molecule has 0 amide bonds. The van der Waals surface area contributed by atoms with Crippen molar-refractivity contribution < 1.29 is 15.0 Å². The Bertz CT molecular complexity index is 558. The number of aliphatic hydroxyl groups is 2. The third kappa shape index (κ3) is 4.93. The number of nitrogens with zero attached hydrogens (tertiary/aromatic N) is 2. The summed E-state index contributed by atoms with van der Waals surface area (Å²) < 4.78 is 1.38. The van der Waals surface area contributed by atoms with Gasteiger partial charge in [0.25, 0.3) is 0 Å². The Morgan fingerprint density at radius 3 is 3.05 bits per heavy atom. The molecule has 1 heterocycles. The van der Waals surface area contributed by atoms with E-state index in [2.05, 4.69) is 18.0 Å². The van der Waals surface area contributed by atoms with Crippen molar-refractivity contribution in [1.82, 2.24) is 9.55 Å². The second-order valence-electron chi connectivity index (χ2n) is 6.37. The van der Waals surface area contributed by atoms with Gasteiger partial charge < -0.3 is 10.2 Å². The summed E-state index contributed by atoms with van der Waals surface area (Å²) in [5.41, 5.74) is 0.313.